The van der Waals surface area contributed by atoms with Crippen LogP contribution in [-0.2, 0) is 18.3 Å². The molecule has 1 N–H and O–H groups in total. The van der Waals surface area contributed by atoms with E-state index in [9.17, 15) is 22.4 Å². The van der Waals surface area contributed by atoms with E-state index in [1.165, 1.54) is 11.0 Å². The Bertz CT molecular complexity index is 1230. The lowest BCUT2D eigenvalue weighted by Gasteiger charge is -2.31. The molecule has 0 spiro atoms. The number of hydrogen-bond donors (Lipinski definition) is 1. The lowest BCUT2D eigenvalue weighted by atomic mass is 9.96. The molecule has 3 heterocycles. The number of hydrogen-bond acceptors (Lipinski definition) is 6. The molecule has 168 valence electrons. The van der Waals surface area contributed by atoms with Gasteiger partial charge in [-0.1, -0.05) is 0 Å². The summed E-state index contributed by atoms with van der Waals surface area (Å²) in [7, 11) is 1.59. The van der Waals surface area contributed by atoms with E-state index in [4.69, 9.17) is 2.74 Å². The largest absolute Gasteiger partial charge is 0.352 e. The summed E-state index contributed by atoms with van der Waals surface area (Å²) < 4.78 is 72.4. The van der Waals surface area contributed by atoms with Crippen LogP contribution in [0.25, 0.3) is 11.5 Å². The molecule has 0 unspecified atom stereocenters. The molecule has 0 aliphatic carbocycles. The van der Waals surface area contributed by atoms with Gasteiger partial charge in [-0.05, 0) is 18.9 Å². The van der Waals surface area contributed by atoms with E-state index >= 15 is 0 Å². The third kappa shape index (κ3) is 4.39. The van der Waals surface area contributed by atoms with Crippen molar-refractivity contribution in [2.45, 2.75) is 19.3 Å². The molecular weight excluding hydrogens is 430 g/mol. The Balaban J connectivity index is 1.43. The van der Waals surface area contributed by atoms with Crippen molar-refractivity contribution in [2.75, 3.05) is 18.0 Å². The number of nitrogens with one attached hydrogen (secondary N) is 1. The second-order valence-electron chi connectivity index (χ2n) is 7.20. The van der Waals surface area contributed by atoms with Crippen molar-refractivity contribution in [1.29, 1.82) is 0 Å². The second kappa shape index (κ2) is 8.89. The van der Waals surface area contributed by atoms with Crippen molar-refractivity contribution >= 4 is 11.9 Å². The van der Waals surface area contributed by atoms with Gasteiger partial charge in [0, 0.05) is 44.2 Å². The van der Waals surface area contributed by atoms with Gasteiger partial charge in [0.2, 0.25) is 11.9 Å². The van der Waals surface area contributed by atoms with Gasteiger partial charge >= 0.3 is 0 Å². The molecule has 0 bridgehead atoms. The van der Waals surface area contributed by atoms with E-state index in [1.807, 2.05) is 5.32 Å². The van der Waals surface area contributed by atoms with Crippen LogP contribution < -0.4 is 10.2 Å². The third-order valence-electron chi connectivity index (χ3n) is 5.12. The van der Waals surface area contributed by atoms with Crippen molar-refractivity contribution in [3.63, 3.8) is 0 Å². The predicted octanol–water partition coefficient (Wildman–Crippen LogP) is 2.36. The standard InChI is InChI=1S/C20H19F4N7O/c1-30-18(27-10-28-30)17-15(23)9-26-20(29-17)31-4-2-11(3-5-31)19(32)25-8-12-6-13(21)7-14(22)16(12)24/h6-7,9-11H,2-5,8H2,1H3,(H,25,32)/i8D2. The summed E-state index contributed by atoms with van der Waals surface area (Å²) in [5, 5.41) is 5.93. The van der Waals surface area contributed by atoms with E-state index in [0.717, 1.165) is 6.20 Å². The number of halogens is 4. The van der Waals surface area contributed by atoms with E-state index in [-0.39, 0.29) is 30.3 Å². The van der Waals surface area contributed by atoms with E-state index in [1.54, 1.807) is 11.9 Å². The zero-order valence-electron chi connectivity index (χ0n) is 18.8. The molecule has 1 fully saturated rings. The predicted molar refractivity (Wildman–Crippen MR) is 105 cm³/mol. The monoisotopic (exact) mass is 451 g/mol. The quantitative estimate of drug-likeness (QED) is 0.473. The summed E-state index contributed by atoms with van der Waals surface area (Å²) >= 11 is 0. The zero-order valence-corrected chi connectivity index (χ0v) is 16.8. The van der Waals surface area contributed by atoms with Crippen LogP contribution in [0.15, 0.2) is 24.7 Å². The average Bonchev–Trinajstić information content (AvgIpc) is 3.22. The number of carbonyl (C=O) groups excluding carboxylic acids is 1. The summed E-state index contributed by atoms with van der Waals surface area (Å²) in [5.41, 5.74) is -0.964. The first-order chi connectivity index (χ1) is 16.1. The fraction of sp³-hybridized carbons (Fsp3) is 0.350. The van der Waals surface area contributed by atoms with Crippen LogP contribution in [0.1, 0.15) is 21.1 Å². The molecule has 8 nitrogen and oxygen atoms in total. The van der Waals surface area contributed by atoms with E-state index < -0.39 is 47.2 Å². The number of carbonyl (C=O) groups is 1. The van der Waals surface area contributed by atoms with Gasteiger partial charge in [0.1, 0.15) is 17.8 Å². The molecule has 2 aromatic heterocycles. The highest BCUT2D eigenvalue weighted by atomic mass is 19.2. The number of anilines is 1. The first-order valence-electron chi connectivity index (χ1n) is 10.7. The van der Waals surface area contributed by atoms with Crippen LogP contribution in [-0.4, -0.2) is 43.7 Å². The topological polar surface area (TPSA) is 88.8 Å². The Labute approximate surface area is 183 Å². The normalized spacial score (nSPS) is 16.0. The van der Waals surface area contributed by atoms with Gasteiger partial charge in [-0.2, -0.15) is 5.10 Å². The Hall–Kier alpha value is -3.57. The fourth-order valence-corrected chi connectivity index (χ4v) is 3.40. The summed E-state index contributed by atoms with van der Waals surface area (Å²) in [5.74, 6) is -5.89. The number of aryl methyl sites for hydroxylation is 1. The third-order valence-corrected chi connectivity index (χ3v) is 5.12. The Morgan fingerprint density at radius 3 is 2.62 bits per heavy atom. The Morgan fingerprint density at radius 1 is 1.19 bits per heavy atom. The van der Waals surface area contributed by atoms with Crippen molar-refractivity contribution in [2.24, 2.45) is 13.0 Å². The molecule has 0 saturated carbocycles. The smallest absolute Gasteiger partial charge is 0.226 e. The maximum atomic E-state index is 14.2. The van der Waals surface area contributed by atoms with Crippen molar-refractivity contribution in [3.05, 3.63) is 53.5 Å². The highest BCUT2D eigenvalue weighted by Crippen LogP contribution is 2.24. The minimum absolute atomic E-state index is 0.0255. The molecule has 1 amide bonds. The highest BCUT2D eigenvalue weighted by Gasteiger charge is 2.27. The van der Waals surface area contributed by atoms with Gasteiger partial charge in [0.15, 0.2) is 23.3 Å². The molecule has 3 aromatic rings. The van der Waals surface area contributed by atoms with Crippen LogP contribution in [0, 0.1) is 29.2 Å². The number of benzene rings is 1. The maximum absolute atomic E-state index is 14.2. The van der Waals surface area contributed by atoms with Crippen molar-refractivity contribution < 1.29 is 25.1 Å². The first kappa shape index (κ1) is 19.1. The number of rotatable bonds is 5. The Morgan fingerprint density at radius 2 is 1.94 bits per heavy atom. The molecule has 0 atom stereocenters. The molecular formula is C20H19F4N7O. The summed E-state index contributed by atoms with van der Waals surface area (Å²) in [6, 6.07) is 0.793. The van der Waals surface area contributed by atoms with Crippen LogP contribution >= 0.6 is 0 Å². The van der Waals surface area contributed by atoms with Gasteiger partial charge < -0.3 is 10.2 Å². The highest BCUT2D eigenvalue weighted by molar-refractivity contribution is 5.79. The summed E-state index contributed by atoms with van der Waals surface area (Å²) in [6.07, 6.45) is 2.82. The van der Waals surface area contributed by atoms with Crippen molar-refractivity contribution in [3.8, 4) is 11.5 Å². The molecule has 1 aliphatic rings. The minimum atomic E-state index is -2.83. The second-order valence-corrected chi connectivity index (χ2v) is 7.20. The Kier molecular flexibility index (Phi) is 5.32. The molecule has 1 aliphatic heterocycles. The molecule has 32 heavy (non-hydrogen) atoms. The van der Waals surface area contributed by atoms with Crippen LogP contribution in [0.3, 0.4) is 0 Å². The number of piperidine rings is 1. The molecule has 4 rings (SSSR count). The van der Waals surface area contributed by atoms with Gasteiger partial charge in [-0.3, -0.25) is 4.79 Å². The number of nitrogens with zero attached hydrogens (tertiary/aromatic N) is 6. The van der Waals surface area contributed by atoms with E-state index in [2.05, 4.69) is 20.1 Å². The number of amides is 1. The van der Waals surface area contributed by atoms with Gasteiger partial charge in [0.05, 0.1) is 8.94 Å². The average molecular weight is 451 g/mol. The molecule has 12 heteroatoms. The van der Waals surface area contributed by atoms with Crippen LogP contribution in [0.5, 0.6) is 0 Å². The minimum Gasteiger partial charge on any atom is -0.352 e. The molecule has 0 radical (unpaired) electrons. The lowest BCUT2D eigenvalue weighted by molar-refractivity contribution is -0.125. The van der Waals surface area contributed by atoms with Gasteiger partial charge in [-0.25, -0.2) is 37.2 Å². The van der Waals surface area contributed by atoms with Crippen LogP contribution in [0.2, 0.25) is 0 Å². The summed E-state index contributed by atoms with van der Waals surface area (Å²) in [4.78, 5) is 26.6. The first-order valence-corrected chi connectivity index (χ1v) is 9.65. The summed E-state index contributed by atoms with van der Waals surface area (Å²) in [6.45, 7) is -2.23. The molecule has 1 aromatic carbocycles. The maximum Gasteiger partial charge on any atom is 0.226 e. The van der Waals surface area contributed by atoms with Crippen LogP contribution in [0.4, 0.5) is 23.5 Å². The van der Waals surface area contributed by atoms with Gasteiger partial charge in [-0.15, -0.1) is 0 Å². The SMILES string of the molecule is [2H]C([2H])(NC(=O)C1CCN(c2ncc(F)c(-c3ncnn3C)n2)CC1)c1cc(F)cc(F)c1F. The fourth-order valence-electron chi connectivity index (χ4n) is 3.40. The number of aromatic nitrogens is 5. The van der Waals surface area contributed by atoms with Gasteiger partial charge in [0.25, 0.3) is 0 Å². The lowest BCUT2D eigenvalue weighted by Crippen LogP contribution is -2.41. The zero-order chi connectivity index (χ0) is 24.6. The van der Waals surface area contributed by atoms with E-state index in [0.29, 0.717) is 25.2 Å². The molecule has 1 saturated heterocycles. The van der Waals surface area contributed by atoms with Crippen molar-refractivity contribution in [1.82, 2.24) is 30.0 Å².